The number of hydrogen-bond acceptors (Lipinski definition) is 10. The molecule has 4 N–H and O–H groups in total. The molecule has 6 rings (SSSR count). The van der Waals surface area contributed by atoms with Crippen LogP contribution in [0, 0.1) is 22.7 Å². The van der Waals surface area contributed by atoms with Crippen molar-refractivity contribution in [1.82, 2.24) is 31.1 Å². The van der Waals surface area contributed by atoms with E-state index >= 15 is 0 Å². The highest BCUT2D eigenvalue weighted by Gasteiger charge is 2.43. The molecule has 2 aromatic carbocycles. The molecule has 440 valence electrons. The van der Waals surface area contributed by atoms with Crippen molar-refractivity contribution in [3.63, 3.8) is 0 Å². The number of hydrogen-bond donors (Lipinski definition) is 4. The van der Waals surface area contributed by atoms with E-state index in [1.807, 2.05) is 102 Å². The molecule has 6 unspecified atom stereocenters. The molecule has 4 heterocycles. The Morgan fingerprint density at radius 3 is 1.14 bits per heavy atom. The summed E-state index contributed by atoms with van der Waals surface area (Å²) in [5.41, 5.74) is 0.223. The topological polar surface area (TPSA) is 191 Å². The molecule has 0 aromatic heterocycles. The Hall–Kier alpha value is -5.08. The highest BCUT2D eigenvalue weighted by Crippen LogP contribution is 2.31. The van der Waals surface area contributed by atoms with Gasteiger partial charge in [-0.15, -0.1) is 0 Å². The minimum absolute atomic E-state index is 0. The van der Waals surface area contributed by atoms with E-state index in [1.165, 1.54) is 0 Å². The van der Waals surface area contributed by atoms with Gasteiger partial charge in [0.2, 0.25) is 23.6 Å². The number of carbonyl (C=O) groups is 8. The van der Waals surface area contributed by atoms with Crippen LogP contribution >= 0.6 is 0 Å². The zero-order valence-corrected chi connectivity index (χ0v) is 46.4. The van der Waals surface area contributed by atoms with Crippen LogP contribution in [-0.4, -0.2) is 119 Å². The summed E-state index contributed by atoms with van der Waals surface area (Å²) in [5, 5.41) is 12.4. The Morgan fingerprint density at radius 1 is 0.513 bits per heavy atom. The third-order valence-electron chi connectivity index (χ3n) is 15.5. The molecule has 4 saturated heterocycles. The molecular weight excluding hydrogens is 981 g/mol. The second kappa shape index (κ2) is 32.9. The monoisotopic (exact) mass is 1090 g/mol. The summed E-state index contributed by atoms with van der Waals surface area (Å²) in [6.07, 6.45) is 8.28. The lowest BCUT2D eigenvalue weighted by molar-refractivity contribution is -0.142. The van der Waals surface area contributed by atoms with Gasteiger partial charge in [-0.3, -0.25) is 38.4 Å². The molecule has 14 heteroatoms. The van der Waals surface area contributed by atoms with Gasteiger partial charge in [0.05, 0.1) is 47.1 Å². The van der Waals surface area contributed by atoms with Crippen LogP contribution in [-0.2, 0) is 38.4 Å². The van der Waals surface area contributed by atoms with Crippen LogP contribution < -0.4 is 21.3 Å². The summed E-state index contributed by atoms with van der Waals surface area (Å²) in [7, 11) is 0. The van der Waals surface area contributed by atoms with Gasteiger partial charge in [0, 0.05) is 38.8 Å². The van der Waals surface area contributed by atoms with Crippen molar-refractivity contribution >= 4 is 46.8 Å². The van der Waals surface area contributed by atoms with E-state index in [2.05, 4.69) is 21.3 Å². The second-order valence-corrected chi connectivity index (χ2v) is 24.0. The molecule has 0 bridgehead atoms. The number of amides is 4. The number of nitrogens with one attached hydrogen (secondary N) is 4. The highest BCUT2D eigenvalue weighted by molar-refractivity contribution is 5.98. The van der Waals surface area contributed by atoms with E-state index < -0.39 is 35.0 Å². The summed E-state index contributed by atoms with van der Waals surface area (Å²) in [6, 6.07) is 17.3. The molecular formula is C64H106N6O8. The second-order valence-electron chi connectivity index (χ2n) is 24.0. The number of benzene rings is 2. The molecule has 0 radical (unpaired) electrons. The van der Waals surface area contributed by atoms with Gasteiger partial charge in [0.15, 0.2) is 23.1 Å². The van der Waals surface area contributed by atoms with Crippen molar-refractivity contribution < 1.29 is 38.4 Å². The van der Waals surface area contributed by atoms with Gasteiger partial charge in [-0.1, -0.05) is 160 Å². The first-order chi connectivity index (χ1) is 35.0. The molecule has 78 heavy (non-hydrogen) atoms. The fourth-order valence-corrected chi connectivity index (χ4v) is 11.1. The number of ketones is 4. The van der Waals surface area contributed by atoms with E-state index in [9.17, 15) is 38.4 Å². The smallest absolute Gasteiger partial charge is 0.240 e. The number of nitrogens with zero attached hydrogens (tertiary/aromatic N) is 2. The minimum atomic E-state index is -0.986. The van der Waals surface area contributed by atoms with Crippen LogP contribution in [0.5, 0.6) is 0 Å². The summed E-state index contributed by atoms with van der Waals surface area (Å²) in [4.78, 5) is 109. The molecule has 8 atom stereocenters. The van der Waals surface area contributed by atoms with Crippen LogP contribution in [0.4, 0.5) is 0 Å². The van der Waals surface area contributed by atoms with Crippen molar-refractivity contribution in [2.24, 2.45) is 22.7 Å². The van der Waals surface area contributed by atoms with Gasteiger partial charge in [-0.25, -0.2) is 0 Å². The summed E-state index contributed by atoms with van der Waals surface area (Å²) in [6.45, 7) is 22.0. The molecule has 0 spiro atoms. The number of rotatable bonds is 24. The number of likely N-dealkylation sites (tertiary alicyclic amines) is 2. The van der Waals surface area contributed by atoms with E-state index in [-0.39, 0.29) is 125 Å². The van der Waals surface area contributed by atoms with Gasteiger partial charge < -0.3 is 31.1 Å². The lowest BCUT2D eigenvalue weighted by atomic mass is 9.83. The standard InChI is InChI=1S/2C30H45N3O4.4CH4/c2*1-20(2)17-24(26(34)18-21(3)22-11-7-6-8-12-22)32-29(37)30(4,5)19-27(35)25-14-10-16-33(25)28(36)23-13-9-15-31-23;;;;/h2*6-8,11-12,20-21,23-25,31H,9-10,13-19H2,1-5H3,(H,32,37);4*1H4/t2*21?,23-,24?,25?;;;;/m10..../s1. The first-order valence-corrected chi connectivity index (χ1v) is 27.9. The van der Waals surface area contributed by atoms with Gasteiger partial charge in [-0.05, 0) is 112 Å². The number of carbonyl (C=O) groups excluding carboxylic acids is 8. The highest BCUT2D eigenvalue weighted by atomic mass is 16.2. The Labute approximate surface area is 471 Å². The van der Waals surface area contributed by atoms with Crippen molar-refractivity contribution in [2.45, 2.75) is 237 Å². The first kappa shape index (κ1) is 70.9. The van der Waals surface area contributed by atoms with Crippen LogP contribution in [0.15, 0.2) is 60.7 Å². The predicted molar refractivity (Wildman–Crippen MR) is 317 cm³/mol. The van der Waals surface area contributed by atoms with Crippen LogP contribution in [0.2, 0.25) is 0 Å². The fourth-order valence-electron chi connectivity index (χ4n) is 11.1. The molecule has 4 aliphatic heterocycles. The molecule has 4 amide bonds. The zero-order valence-electron chi connectivity index (χ0n) is 46.4. The zero-order chi connectivity index (χ0) is 54.3. The molecule has 4 aliphatic rings. The maximum atomic E-state index is 13.4. The van der Waals surface area contributed by atoms with E-state index in [4.69, 9.17) is 0 Å². The Kier molecular flexibility index (Phi) is 29.9. The SMILES string of the molecule is C.C.C.C.CC(C)CC(NC(=O)C(C)(C)CC(=O)C1CCCN1C(=O)[C@@H]1CCCN1)C(=O)CC(C)c1ccccc1.CC(C)CC(NC(=O)C(C)(C)CC(=O)C1CCCN1C(=O)[C@H]1CCCN1)C(=O)CC(C)c1ccccc1. The first-order valence-electron chi connectivity index (χ1n) is 27.9. The van der Waals surface area contributed by atoms with Gasteiger partial charge in [0.1, 0.15) is 0 Å². The minimum Gasteiger partial charge on any atom is -0.346 e. The van der Waals surface area contributed by atoms with Gasteiger partial charge in [-0.2, -0.15) is 0 Å². The predicted octanol–water partition coefficient (Wildman–Crippen LogP) is 10.6. The van der Waals surface area contributed by atoms with E-state index in [0.717, 1.165) is 62.7 Å². The largest absolute Gasteiger partial charge is 0.346 e. The Bertz CT molecular complexity index is 2060. The summed E-state index contributed by atoms with van der Waals surface area (Å²) in [5.74, 6) is -0.138. The van der Waals surface area contributed by atoms with Crippen molar-refractivity contribution in [2.75, 3.05) is 26.2 Å². The van der Waals surface area contributed by atoms with E-state index in [1.54, 1.807) is 37.5 Å². The average molecular weight is 1090 g/mol. The Morgan fingerprint density at radius 2 is 0.846 bits per heavy atom. The van der Waals surface area contributed by atoms with Crippen molar-refractivity contribution in [3.05, 3.63) is 71.8 Å². The quantitative estimate of drug-likeness (QED) is 0.0787. The number of Topliss-reactive ketones (excluding diaryl/α,β-unsaturated/α-hetero) is 4. The molecule has 14 nitrogen and oxygen atoms in total. The normalized spacial score (nSPS) is 20.5. The molecule has 2 aromatic rings. The Balaban J connectivity index is 0.000000742. The lowest BCUT2D eigenvalue weighted by Crippen LogP contribution is -2.51. The van der Waals surface area contributed by atoms with Gasteiger partial charge in [0.25, 0.3) is 0 Å². The van der Waals surface area contributed by atoms with E-state index in [0.29, 0.717) is 51.6 Å². The summed E-state index contributed by atoms with van der Waals surface area (Å²) >= 11 is 0. The average Bonchev–Trinajstić information content (AvgIpc) is 4.22. The molecule has 4 fully saturated rings. The van der Waals surface area contributed by atoms with Crippen LogP contribution in [0.1, 0.15) is 212 Å². The maximum absolute atomic E-state index is 13.4. The third-order valence-corrected chi connectivity index (χ3v) is 15.5. The summed E-state index contributed by atoms with van der Waals surface area (Å²) < 4.78 is 0. The van der Waals surface area contributed by atoms with Crippen molar-refractivity contribution in [3.8, 4) is 0 Å². The maximum Gasteiger partial charge on any atom is 0.240 e. The van der Waals surface area contributed by atoms with Gasteiger partial charge >= 0.3 is 0 Å². The van der Waals surface area contributed by atoms with Crippen molar-refractivity contribution in [1.29, 1.82) is 0 Å². The lowest BCUT2D eigenvalue weighted by Gasteiger charge is -2.31. The van der Waals surface area contributed by atoms with Crippen LogP contribution in [0.25, 0.3) is 0 Å². The van der Waals surface area contributed by atoms with Crippen LogP contribution in [0.3, 0.4) is 0 Å². The molecule has 0 aliphatic carbocycles. The third kappa shape index (κ3) is 20.2. The molecule has 0 saturated carbocycles. The fraction of sp³-hybridized carbons (Fsp3) is 0.688.